The van der Waals surface area contributed by atoms with E-state index in [-0.39, 0.29) is 17.7 Å². The Morgan fingerprint density at radius 1 is 1.08 bits per heavy atom. The highest BCUT2D eigenvalue weighted by Gasteiger charge is 2.35. The fourth-order valence-electron chi connectivity index (χ4n) is 4.28. The number of benzene rings is 3. The Hall–Kier alpha value is -4.30. The average molecular weight is 515 g/mol. The number of carbonyl (C=O) groups excluding carboxylic acids is 1. The Balaban J connectivity index is 1.81. The fraction of sp³-hybridized carbons (Fsp3) is 0.138. The largest absolute Gasteiger partial charge is 0.497 e. The van der Waals surface area contributed by atoms with Gasteiger partial charge < -0.3 is 9.47 Å². The van der Waals surface area contributed by atoms with Crippen LogP contribution in [-0.2, 0) is 9.53 Å². The van der Waals surface area contributed by atoms with Crippen LogP contribution in [0.15, 0.2) is 94.2 Å². The smallest absolute Gasteiger partial charge is 0.338 e. The zero-order chi connectivity index (χ0) is 25.9. The first-order valence-electron chi connectivity index (χ1n) is 11.7. The Labute approximate surface area is 216 Å². The van der Waals surface area contributed by atoms with Gasteiger partial charge in [0, 0.05) is 5.56 Å². The summed E-state index contributed by atoms with van der Waals surface area (Å²) in [6, 6.07) is 21.6. The molecule has 1 aromatic heterocycles. The molecule has 6 nitrogen and oxygen atoms in total. The number of hydrogen-bond donors (Lipinski definition) is 0. The molecule has 0 amide bonds. The van der Waals surface area contributed by atoms with E-state index in [2.05, 4.69) is 0 Å². The Bertz CT molecular complexity index is 1670. The number of nitrogens with zero attached hydrogens (tertiary/aromatic N) is 2. The zero-order valence-corrected chi connectivity index (χ0v) is 21.0. The van der Waals surface area contributed by atoms with Crippen molar-refractivity contribution >= 4 is 29.1 Å². The molecule has 0 radical (unpaired) electrons. The zero-order valence-electron chi connectivity index (χ0n) is 20.2. The van der Waals surface area contributed by atoms with E-state index in [9.17, 15) is 14.0 Å². The minimum atomic E-state index is -0.849. The maximum Gasteiger partial charge on any atom is 0.338 e. The van der Waals surface area contributed by atoms with E-state index in [4.69, 9.17) is 14.5 Å². The Morgan fingerprint density at radius 3 is 2.54 bits per heavy atom. The second-order valence-electron chi connectivity index (χ2n) is 8.26. The van der Waals surface area contributed by atoms with Crippen LogP contribution < -0.4 is 19.6 Å². The minimum absolute atomic E-state index is 0.154. The van der Waals surface area contributed by atoms with Gasteiger partial charge in [-0.2, -0.15) is 0 Å². The number of fused-ring (bicyclic) bond motifs is 1. The molecule has 3 aromatic carbocycles. The predicted molar refractivity (Wildman–Crippen MR) is 140 cm³/mol. The molecular formula is C29H23FN2O4S. The van der Waals surface area contributed by atoms with Crippen LogP contribution in [0, 0.1) is 5.82 Å². The van der Waals surface area contributed by atoms with Gasteiger partial charge in [-0.3, -0.25) is 9.36 Å². The van der Waals surface area contributed by atoms with Gasteiger partial charge in [0.15, 0.2) is 4.80 Å². The number of carbonyl (C=O) groups is 1. The van der Waals surface area contributed by atoms with E-state index in [1.807, 2.05) is 54.6 Å². The molecule has 4 aromatic rings. The van der Waals surface area contributed by atoms with Crippen molar-refractivity contribution in [3.8, 4) is 5.75 Å². The third kappa shape index (κ3) is 4.75. The van der Waals surface area contributed by atoms with Crippen LogP contribution in [0.4, 0.5) is 4.39 Å². The third-order valence-electron chi connectivity index (χ3n) is 5.95. The molecule has 8 heteroatoms. The third-order valence-corrected chi connectivity index (χ3v) is 6.93. The van der Waals surface area contributed by atoms with Crippen LogP contribution >= 0.6 is 11.3 Å². The van der Waals surface area contributed by atoms with Gasteiger partial charge in [0.25, 0.3) is 5.56 Å². The predicted octanol–water partition coefficient (Wildman–Crippen LogP) is 4.08. The first-order valence-corrected chi connectivity index (χ1v) is 12.5. The molecule has 2 heterocycles. The van der Waals surface area contributed by atoms with Crippen molar-refractivity contribution in [2.24, 2.45) is 4.99 Å². The standard InChI is InChI=1S/C29H23FN2O4S/c1-3-36-28(34)24-25(19-9-5-4-6-10-19)31-29-32(26(24)20-12-14-21(30)15-13-20)27(33)23(37-29)17-18-8-7-11-22(16-18)35-2/h4-17,26H,3H2,1-2H3/b23-17+/t26-/m0/s1. The molecule has 0 aliphatic carbocycles. The van der Waals surface area contributed by atoms with Crippen LogP contribution in [-0.4, -0.2) is 24.3 Å². The quantitative estimate of drug-likeness (QED) is 0.364. The maximum atomic E-state index is 13.9. The number of thiazole rings is 1. The summed E-state index contributed by atoms with van der Waals surface area (Å²) in [6.45, 7) is 1.87. The number of methoxy groups -OCH3 is 1. The van der Waals surface area contributed by atoms with Crippen LogP contribution in [0.2, 0.25) is 0 Å². The van der Waals surface area contributed by atoms with Gasteiger partial charge in [-0.1, -0.05) is 65.9 Å². The number of hydrogen-bond acceptors (Lipinski definition) is 6. The normalized spacial score (nSPS) is 15.2. The van der Waals surface area contributed by atoms with Gasteiger partial charge in [0.05, 0.1) is 35.6 Å². The summed E-state index contributed by atoms with van der Waals surface area (Å²) in [6.07, 6.45) is 1.77. The minimum Gasteiger partial charge on any atom is -0.497 e. The number of ether oxygens (including phenoxy) is 2. The van der Waals surface area contributed by atoms with Gasteiger partial charge in [-0.25, -0.2) is 14.2 Å². The second kappa shape index (κ2) is 10.4. The van der Waals surface area contributed by atoms with Gasteiger partial charge in [0.2, 0.25) is 0 Å². The fourth-order valence-corrected chi connectivity index (χ4v) is 5.28. The molecule has 5 rings (SSSR count). The number of esters is 1. The average Bonchev–Trinajstić information content (AvgIpc) is 3.23. The molecule has 1 aliphatic rings. The summed E-state index contributed by atoms with van der Waals surface area (Å²) in [5.41, 5.74) is 2.40. The van der Waals surface area contributed by atoms with Crippen molar-refractivity contribution < 1.29 is 18.7 Å². The van der Waals surface area contributed by atoms with Crippen LogP contribution in [0.5, 0.6) is 5.75 Å². The molecule has 0 saturated heterocycles. The Morgan fingerprint density at radius 2 is 1.84 bits per heavy atom. The molecule has 0 N–H and O–H groups in total. The molecule has 0 bridgehead atoms. The van der Waals surface area contributed by atoms with E-state index in [0.29, 0.717) is 31.9 Å². The second-order valence-corrected chi connectivity index (χ2v) is 9.27. The van der Waals surface area contributed by atoms with Crippen molar-refractivity contribution in [1.29, 1.82) is 0 Å². The lowest BCUT2D eigenvalue weighted by Gasteiger charge is -2.25. The van der Waals surface area contributed by atoms with Crippen molar-refractivity contribution in [1.82, 2.24) is 4.57 Å². The molecule has 1 atom stereocenters. The van der Waals surface area contributed by atoms with Crippen LogP contribution in [0.3, 0.4) is 0 Å². The summed E-state index contributed by atoms with van der Waals surface area (Å²) in [5.74, 6) is -0.331. The highest BCUT2D eigenvalue weighted by atomic mass is 32.1. The van der Waals surface area contributed by atoms with E-state index in [0.717, 1.165) is 5.56 Å². The first-order chi connectivity index (χ1) is 18.0. The highest BCUT2D eigenvalue weighted by molar-refractivity contribution is 7.07. The molecule has 37 heavy (non-hydrogen) atoms. The summed E-state index contributed by atoms with van der Waals surface area (Å²) in [5, 5.41) is 0. The van der Waals surface area contributed by atoms with Gasteiger partial charge in [-0.15, -0.1) is 0 Å². The first kappa shape index (κ1) is 24.4. The van der Waals surface area contributed by atoms with Gasteiger partial charge in [-0.05, 0) is 48.4 Å². The van der Waals surface area contributed by atoms with Crippen molar-refractivity contribution in [3.63, 3.8) is 0 Å². The molecule has 0 spiro atoms. The number of aromatic nitrogens is 1. The van der Waals surface area contributed by atoms with Crippen molar-refractivity contribution in [2.75, 3.05) is 13.7 Å². The van der Waals surface area contributed by atoms with E-state index in [1.54, 1.807) is 32.2 Å². The summed E-state index contributed by atoms with van der Waals surface area (Å²) < 4.78 is 26.5. The molecule has 0 saturated carbocycles. The Kier molecular flexibility index (Phi) is 6.83. The van der Waals surface area contributed by atoms with E-state index in [1.165, 1.54) is 28.0 Å². The number of halogens is 1. The lowest BCUT2D eigenvalue weighted by Crippen LogP contribution is -2.40. The van der Waals surface area contributed by atoms with Crippen molar-refractivity contribution in [2.45, 2.75) is 13.0 Å². The van der Waals surface area contributed by atoms with E-state index >= 15 is 0 Å². The highest BCUT2D eigenvalue weighted by Crippen LogP contribution is 2.35. The molecular weight excluding hydrogens is 491 g/mol. The summed E-state index contributed by atoms with van der Waals surface area (Å²) >= 11 is 1.22. The molecule has 1 aliphatic heterocycles. The lowest BCUT2D eigenvalue weighted by atomic mass is 9.93. The SMILES string of the molecule is CCOC(=O)C1=C(c2ccccc2)N=c2s/c(=C/c3cccc(OC)c3)c(=O)n2[C@H]1c1ccc(F)cc1. The topological polar surface area (TPSA) is 69.9 Å². The van der Waals surface area contributed by atoms with Crippen molar-refractivity contribution in [3.05, 3.63) is 127 Å². The van der Waals surface area contributed by atoms with E-state index < -0.39 is 17.8 Å². The lowest BCUT2D eigenvalue weighted by molar-refractivity contribution is -0.138. The van der Waals surface area contributed by atoms with Crippen LogP contribution in [0.1, 0.15) is 29.7 Å². The van der Waals surface area contributed by atoms with Crippen LogP contribution in [0.25, 0.3) is 11.8 Å². The van der Waals surface area contributed by atoms with Gasteiger partial charge >= 0.3 is 5.97 Å². The monoisotopic (exact) mass is 514 g/mol. The number of rotatable bonds is 6. The van der Waals surface area contributed by atoms with Gasteiger partial charge in [0.1, 0.15) is 11.6 Å². The molecule has 186 valence electrons. The molecule has 0 unspecified atom stereocenters. The summed E-state index contributed by atoms with van der Waals surface area (Å²) in [4.78, 5) is 32.4. The summed E-state index contributed by atoms with van der Waals surface area (Å²) in [7, 11) is 1.58. The maximum absolute atomic E-state index is 13.9. The molecule has 0 fully saturated rings.